The van der Waals surface area contributed by atoms with Crippen LogP contribution in [0.5, 0.6) is 0 Å². The standard InChI is InChI=1S/C26H29ClN4O3/c1-17-15-30(8-9-31(17)26(33)24-7-4-10-34-24)16-21-12-22(27)13-23(18(21)2)29-25(32)20-6-3-5-19(11-20)14-28/h3,5-6,11-13,17,24H,4,7-10,15-16H2,1-2H3,(H,29,32)/t17-,24-/m0/s1. The smallest absolute Gasteiger partial charge is 0.255 e. The van der Waals surface area contributed by atoms with E-state index in [9.17, 15) is 9.59 Å². The van der Waals surface area contributed by atoms with Crippen molar-refractivity contribution >= 4 is 29.1 Å². The van der Waals surface area contributed by atoms with Gasteiger partial charge in [-0.05, 0) is 68.1 Å². The monoisotopic (exact) mass is 480 g/mol. The van der Waals surface area contributed by atoms with E-state index in [0.717, 1.165) is 37.1 Å². The zero-order chi connectivity index (χ0) is 24.2. The fraction of sp³-hybridized carbons (Fsp3) is 0.423. The Bertz CT molecular complexity index is 1120. The summed E-state index contributed by atoms with van der Waals surface area (Å²) < 4.78 is 5.59. The van der Waals surface area contributed by atoms with Gasteiger partial charge in [-0.2, -0.15) is 5.26 Å². The van der Waals surface area contributed by atoms with Gasteiger partial charge >= 0.3 is 0 Å². The van der Waals surface area contributed by atoms with Crippen molar-refractivity contribution < 1.29 is 14.3 Å². The van der Waals surface area contributed by atoms with Gasteiger partial charge in [0.05, 0.1) is 11.6 Å². The molecular weight excluding hydrogens is 452 g/mol. The van der Waals surface area contributed by atoms with E-state index in [1.807, 2.05) is 17.9 Å². The molecule has 1 N–H and O–H groups in total. The molecule has 0 saturated carbocycles. The van der Waals surface area contributed by atoms with Gasteiger partial charge in [-0.3, -0.25) is 14.5 Å². The molecule has 2 amide bonds. The lowest BCUT2D eigenvalue weighted by Crippen LogP contribution is -2.55. The SMILES string of the molecule is Cc1c(CN2CCN(C(=O)[C@@H]3CCCO3)[C@@H](C)C2)cc(Cl)cc1NC(=O)c1cccc(C#N)c1. The van der Waals surface area contributed by atoms with Gasteiger partial charge in [-0.25, -0.2) is 0 Å². The Balaban J connectivity index is 1.43. The molecule has 2 aromatic carbocycles. The minimum Gasteiger partial charge on any atom is -0.368 e. The van der Waals surface area contributed by atoms with Gasteiger partial charge in [0.1, 0.15) is 6.10 Å². The normalized spacial score (nSPS) is 20.7. The van der Waals surface area contributed by atoms with Gasteiger partial charge in [-0.15, -0.1) is 0 Å². The van der Waals surface area contributed by atoms with E-state index in [0.29, 0.717) is 41.5 Å². The molecule has 0 radical (unpaired) electrons. The predicted molar refractivity (Wildman–Crippen MR) is 131 cm³/mol. The van der Waals surface area contributed by atoms with Gasteiger partial charge in [-0.1, -0.05) is 17.7 Å². The van der Waals surface area contributed by atoms with E-state index in [-0.39, 0.29) is 24.0 Å². The summed E-state index contributed by atoms with van der Waals surface area (Å²) in [4.78, 5) is 29.8. The summed E-state index contributed by atoms with van der Waals surface area (Å²) in [6.07, 6.45) is 1.47. The summed E-state index contributed by atoms with van der Waals surface area (Å²) in [5.41, 5.74) is 3.47. The van der Waals surface area contributed by atoms with Crippen molar-refractivity contribution in [3.8, 4) is 6.07 Å². The molecule has 2 saturated heterocycles. The summed E-state index contributed by atoms with van der Waals surface area (Å²) in [7, 11) is 0. The first-order chi connectivity index (χ1) is 16.4. The van der Waals surface area contributed by atoms with Crippen molar-refractivity contribution in [1.29, 1.82) is 5.26 Å². The van der Waals surface area contributed by atoms with Crippen molar-refractivity contribution in [2.45, 2.75) is 45.4 Å². The fourth-order valence-electron chi connectivity index (χ4n) is 4.66. The molecule has 2 aromatic rings. The largest absolute Gasteiger partial charge is 0.368 e. The molecule has 0 unspecified atom stereocenters. The average Bonchev–Trinajstić information content (AvgIpc) is 3.37. The van der Waals surface area contributed by atoms with E-state index in [4.69, 9.17) is 21.6 Å². The van der Waals surface area contributed by atoms with Crippen LogP contribution in [-0.2, 0) is 16.1 Å². The van der Waals surface area contributed by atoms with Crippen LogP contribution >= 0.6 is 11.6 Å². The maximum atomic E-state index is 12.8. The second kappa shape index (κ2) is 10.6. The highest BCUT2D eigenvalue weighted by atomic mass is 35.5. The van der Waals surface area contributed by atoms with Crippen molar-refractivity contribution in [1.82, 2.24) is 9.80 Å². The quantitative estimate of drug-likeness (QED) is 0.699. The zero-order valence-corrected chi connectivity index (χ0v) is 20.3. The second-order valence-corrected chi connectivity index (χ2v) is 9.44. The summed E-state index contributed by atoms with van der Waals surface area (Å²) in [5.74, 6) is -0.183. The molecule has 2 fully saturated rings. The van der Waals surface area contributed by atoms with Crippen molar-refractivity contribution in [2.75, 3.05) is 31.6 Å². The maximum absolute atomic E-state index is 12.8. The van der Waals surface area contributed by atoms with Crippen LogP contribution in [-0.4, -0.2) is 60.0 Å². The summed E-state index contributed by atoms with van der Waals surface area (Å²) in [6.45, 7) is 7.56. The number of carbonyl (C=O) groups excluding carboxylic acids is 2. The van der Waals surface area contributed by atoms with Crippen LogP contribution in [0.2, 0.25) is 5.02 Å². The fourth-order valence-corrected chi connectivity index (χ4v) is 4.90. The molecule has 34 heavy (non-hydrogen) atoms. The highest BCUT2D eigenvalue weighted by molar-refractivity contribution is 6.31. The van der Waals surface area contributed by atoms with Gasteiger partial charge in [0.15, 0.2) is 0 Å². The molecule has 8 heteroatoms. The Morgan fingerprint density at radius 3 is 2.79 bits per heavy atom. The van der Waals surface area contributed by atoms with Crippen LogP contribution in [0.25, 0.3) is 0 Å². The number of hydrogen-bond donors (Lipinski definition) is 1. The van der Waals surface area contributed by atoms with Gasteiger partial charge < -0.3 is 15.0 Å². The van der Waals surface area contributed by atoms with Crippen molar-refractivity contribution in [3.05, 3.63) is 63.7 Å². The third-order valence-electron chi connectivity index (χ3n) is 6.58. The molecule has 178 valence electrons. The molecular formula is C26H29ClN4O3. The maximum Gasteiger partial charge on any atom is 0.255 e. The van der Waals surface area contributed by atoms with E-state index in [1.54, 1.807) is 30.3 Å². The molecule has 0 aliphatic carbocycles. The lowest BCUT2D eigenvalue weighted by atomic mass is 10.0. The van der Waals surface area contributed by atoms with Crippen LogP contribution in [0.4, 0.5) is 5.69 Å². The lowest BCUT2D eigenvalue weighted by molar-refractivity contribution is -0.145. The molecule has 7 nitrogen and oxygen atoms in total. The van der Waals surface area contributed by atoms with Crippen molar-refractivity contribution in [3.63, 3.8) is 0 Å². The van der Waals surface area contributed by atoms with E-state index in [1.165, 1.54) is 0 Å². The number of nitriles is 1. The van der Waals surface area contributed by atoms with Crippen molar-refractivity contribution in [2.24, 2.45) is 0 Å². The molecule has 4 rings (SSSR count). The number of rotatable bonds is 5. The Morgan fingerprint density at radius 1 is 1.26 bits per heavy atom. The first kappa shape index (κ1) is 24.2. The Morgan fingerprint density at radius 2 is 2.09 bits per heavy atom. The number of amides is 2. The molecule has 2 aliphatic rings. The highest BCUT2D eigenvalue weighted by Crippen LogP contribution is 2.28. The molecule has 2 atom stereocenters. The Labute approximate surface area is 205 Å². The predicted octanol–water partition coefficient (Wildman–Crippen LogP) is 3.98. The first-order valence-electron chi connectivity index (χ1n) is 11.6. The average molecular weight is 481 g/mol. The number of halogens is 1. The number of nitrogens with zero attached hydrogens (tertiary/aromatic N) is 3. The summed E-state index contributed by atoms with van der Waals surface area (Å²) >= 11 is 6.40. The second-order valence-electron chi connectivity index (χ2n) is 9.00. The van der Waals surface area contributed by atoms with Crippen LogP contribution < -0.4 is 5.32 Å². The highest BCUT2D eigenvalue weighted by Gasteiger charge is 2.34. The molecule has 2 heterocycles. The number of benzene rings is 2. The molecule has 0 aromatic heterocycles. The lowest BCUT2D eigenvalue weighted by Gasteiger charge is -2.41. The Hall–Kier alpha value is -2.92. The number of piperazine rings is 1. The van der Waals surface area contributed by atoms with Crippen LogP contribution in [0, 0.1) is 18.3 Å². The third kappa shape index (κ3) is 5.41. The van der Waals surface area contributed by atoms with Crippen LogP contribution in [0.15, 0.2) is 36.4 Å². The first-order valence-corrected chi connectivity index (χ1v) is 12.0. The van der Waals surface area contributed by atoms with E-state index >= 15 is 0 Å². The van der Waals surface area contributed by atoms with Crippen LogP contribution in [0.3, 0.4) is 0 Å². The number of carbonyl (C=O) groups is 2. The number of hydrogen-bond acceptors (Lipinski definition) is 5. The van der Waals surface area contributed by atoms with Gasteiger partial charge in [0.2, 0.25) is 0 Å². The summed E-state index contributed by atoms with van der Waals surface area (Å²) in [5, 5.41) is 12.6. The van der Waals surface area contributed by atoms with Gasteiger partial charge in [0, 0.05) is 55.1 Å². The number of nitrogens with one attached hydrogen (secondary N) is 1. The topological polar surface area (TPSA) is 85.7 Å². The van der Waals surface area contributed by atoms with E-state index < -0.39 is 0 Å². The van der Waals surface area contributed by atoms with E-state index in [2.05, 4.69) is 23.2 Å². The minimum atomic E-state index is -0.289. The molecule has 0 bridgehead atoms. The zero-order valence-electron chi connectivity index (χ0n) is 19.5. The Kier molecular flexibility index (Phi) is 7.52. The van der Waals surface area contributed by atoms with Crippen LogP contribution in [0.1, 0.15) is 46.8 Å². The number of ether oxygens (including phenoxy) is 1. The van der Waals surface area contributed by atoms with Gasteiger partial charge in [0.25, 0.3) is 11.8 Å². The minimum absolute atomic E-state index is 0.0940. The number of anilines is 1. The third-order valence-corrected chi connectivity index (χ3v) is 6.79. The molecule has 2 aliphatic heterocycles. The summed E-state index contributed by atoms with van der Waals surface area (Å²) in [6, 6.07) is 12.4. The molecule has 0 spiro atoms.